The Balaban J connectivity index is 1.16. The van der Waals surface area contributed by atoms with Crippen molar-refractivity contribution in [1.29, 1.82) is 0 Å². The van der Waals surface area contributed by atoms with Crippen LogP contribution < -0.4 is 10.3 Å². The first kappa shape index (κ1) is 34.2. The molecule has 4 heterocycles. The normalized spacial score (nSPS) is 21.1. The van der Waals surface area contributed by atoms with Gasteiger partial charge in [0.1, 0.15) is 12.6 Å². The lowest BCUT2D eigenvalue weighted by atomic mass is 9.66. The third-order valence-corrected chi connectivity index (χ3v) is 12.7. The summed E-state index contributed by atoms with van der Waals surface area (Å²) >= 11 is 1.98. The summed E-state index contributed by atoms with van der Waals surface area (Å²) in [5, 5.41) is 12.3. The summed E-state index contributed by atoms with van der Waals surface area (Å²) in [4.78, 5) is 28.7. The molecule has 0 bridgehead atoms. The molecule has 3 aliphatic heterocycles. The van der Waals surface area contributed by atoms with Gasteiger partial charge in [-0.05, 0) is 46.7 Å². The van der Waals surface area contributed by atoms with Gasteiger partial charge in [0.05, 0.1) is 16.6 Å². The maximum Gasteiger partial charge on any atom is 0.329 e. The van der Waals surface area contributed by atoms with Crippen molar-refractivity contribution in [2.45, 2.75) is 42.6 Å². The molecule has 270 valence electrons. The molecule has 0 aliphatic carbocycles. The fraction of sp³-hybridized carbons (Fsp3) is 0.239. The SMILES string of the molecule is O=C1CC2(CCN(n3nc(C(c4ccccc4)(c4ccccc4)c4cccc(C5CC=CCS5)c4)c4ccccc43)C2)[C@H](C(=O)OCc2ccccc2)N1. The Hall–Kier alpha value is -5.60. The van der Waals surface area contributed by atoms with Gasteiger partial charge in [-0.3, -0.25) is 9.80 Å². The Morgan fingerprint density at radius 1 is 0.833 bits per heavy atom. The highest BCUT2D eigenvalue weighted by Crippen LogP contribution is 2.49. The Labute approximate surface area is 320 Å². The van der Waals surface area contributed by atoms with Gasteiger partial charge in [-0.2, -0.15) is 9.89 Å². The highest BCUT2D eigenvalue weighted by atomic mass is 32.2. The molecule has 1 spiro atoms. The predicted octanol–water partition coefficient (Wildman–Crippen LogP) is 8.11. The molecular weight excluding hydrogens is 689 g/mol. The van der Waals surface area contributed by atoms with Crippen molar-refractivity contribution in [3.05, 3.63) is 185 Å². The zero-order chi connectivity index (χ0) is 36.5. The number of nitrogens with one attached hydrogen (secondary N) is 1. The summed E-state index contributed by atoms with van der Waals surface area (Å²) in [6, 6.07) is 48.0. The largest absolute Gasteiger partial charge is 0.459 e. The predicted molar refractivity (Wildman–Crippen MR) is 215 cm³/mol. The number of amides is 1. The Morgan fingerprint density at radius 3 is 2.24 bits per heavy atom. The van der Waals surface area contributed by atoms with Crippen LogP contribution in [0.4, 0.5) is 0 Å². The van der Waals surface area contributed by atoms with Crippen LogP contribution in [0.2, 0.25) is 0 Å². The summed E-state index contributed by atoms with van der Waals surface area (Å²) in [5.41, 5.74) is 6.18. The molecular formula is C46H42N4O3S. The van der Waals surface area contributed by atoms with Gasteiger partial charge >= 0.3 is 5.97 Å². The number of hydrogen-bond acceptors (Lipinski definition) is 6. The van der Waals surface area contributed by atoms with E-state index in [-0.39, 0.29) is 18.9 Å². The number of para-hydroxylation sites is 1. The molecule has 9 rings (SSSR count). The molecule has 1 aromatic heterocycles. The van der Waals surface area contributed by atoms with E-state index in [0.29, 0.717) is 24.8 Å². The van der Waals surface area contributed by atoms with Crippen LogP contribution in [0.5, 0.6) is 0 Å². The zero-order valence-electron chi connectivity index (χ0n) is 30.0. The molecule has 54 heavy (non-hydrogen) atoms. The molecule has 2 unspecified atom stereocenters. The van der Waals surface area contributed by atoms with E-state index < -0.39 is 22.8 Å². The monoisotopic (exact) mass is 730 g/mol. The molecule has 3 atom stereocenters. The van der Waals surface area contributed by atoms with Crippen LogP contribution in [0.1, 0.15) is 58.0 Å². The van der Waals surface area contributed by atoms with Crippen molar-refractivity contribution in [1.82, 2.24) is 15.2 Å². The second-order valence-electron chi connectivity index (χ2n) is 14.7. The molecule has 0 radical (unpaired) electrons. The van der Waals surface area contributed by atoms with Crippen molar-refractivity contribution in [3.8, 4) is 0 Å². The number of carbonyl (C=O) groups is 2. The Bertz CT molecular complexity index is 2290. The molecule has 3 aliphatic rings. The first-order valence-corrected chi connectivity index (χ1v) is 19.8. The van der Waals surface area contributed by atoms with Gasteiger partial charge in [0.15, 0.2) is 0 Å². The van der Waals surface area contributed by atoms with Crippen LogP contribution in [0.25, 0.3) is 10.9 Å². The number of fused-ring (bicyclic) bond motifs is 1. The molecule has 8 heteroatoms. The average Bonchev–Trinajstić information content (AvgIpc) is 3.93. The highest BCUT2D eigenvalue weighted by molar-refractivity contribution is 7.99. The number of thioether (sulfide) groups is 1. The number of esters is 1. The lowest BCUT2D eigenvalue weighted by Gasteiger charge is -2.36. The fourth-order valence-electron chi connectivity index (χ4n) is 8.88. The summed E-state index contributed by atoms with van der Waals surface area (Å²) in [5.74, 6) is 0.496. The molecule has 2 saturated heterocycles. The van der Waals surface area contributed by atoms with Crippen LogP contribution in [0.3, 0.4) is 0 Å². The number of benzene rings is 5. The number of ether oxygens (including phenoxy) is 1. The van der Waals surface area contributed by atoms with Crippen molar-refractivity contribution in [2.75, 3.05) is 23.9 Å². The Morgan fingerprint density at radius 2 is 1.52 bits per heavy atom. The van der Waals surface area contributed by atoms with E-state index in [1.807, 2.05) is 46.9 Å². The molecule has 7 nitrogen and oxygen atoms in total. The minimum absolute atomic E-state index is 0.122. The summed E-state index contributed by atoms with van der Waals surface area (Å²) < 4.78 is 5.81. The number of aromatic nitrogens is 2. The second kappa shape index (κ2) is 14.3. The molecule has 1 amide bonds. The van der Waals surface area contributed by atoms with E-state index >= 15 is 0 Å². The van der Waals surface area contributed by atoms with Gasteiger partial charge in [-0.15, -0.1) is 11.8 Å². The maximum absolute atomic E-state index is 13.6. The quantitative estimate of drug-likeness (QED) is 0.0921. The lowest BCUT2D eigenvalue weighted by molar-refractivity contribution is -0.150. The topological polar surface area (TPSA) is 76.5 Å². The minimum atomic E-state index is -0.759. The highest BCUT2D eigenvalue weighted by Gasteiger charge is 2.55. The zero-order valence-corrected chi connectivity index (χ0v) is 30.8. The van der Waals surface area contributed by atoms with Crippen LogP contribution >= 0.6 is 11.8 Å². The van der Waals surface area contributed by atoms with Crippen LogP contribution in [0, 0.1) is 5.41 Å². The molecule has 1 N–H and O–H groups in total. The van der Waals surface area contributed by atoms with E-state index in [9.17, 15) is 9.59 Å². The van der Waals surface area contributed by atoms with Crippen molar-refractivity contribution < 1.29 is 14.3 Å². The number of allylic oxidation sites excluding steroid dienone is 1. The van der Waals surface area contributed by atoms with Crippen molar-refractivity contribution in [3.63, 3.8) is 0 Å². The average molecular weight is 731 g/mol. The first-order chi connectivity index (χ1) is 26.5. The standard InChI is InChI=1S/C46H42N4O3S/c51-41-30-45(43(47-41)44(52)53-31-33-15-4-1-5-16-33)26-27-49(32-45)50-39-24-11-10-23-38(39)42(48-50)46(35-18-6-2-7-19-35,36-20-8-3-9-21-36)37-22-14-17-34(29-37)40-25-12-13-28-54-40/h1-24,29,40,43H,25-28,30-32H2,(H,47,51)/t40?,43-,45?/m0/s1. The van der Waals surface area contributed by atoms with Gasteiger partial charge < -0.3 is 10.1 Å². The van der Waals surface area contributed by atoms with E-state index in [1.165, 1.54) is 5.56 Å². The van der Waals surface area contributed by atoms with E-state index in [1.54, 1.807) is 0 Å². The van der Waals surface area contributed by atoms with Gasteiger partial charge in [-0.25, -0.2) is 4.79 Å². The Kier molecular flexibility index (Phi) is 9.07. The van der Waals surface area contributed by atoms with E-state index in [0.717, 1.165) is 51.0 Å². The third kappa shape index (κ3) is 5.99. The number of carbonyl (C=O) groups excluding carboxylic acids is 2. The fourth-order valence-corrected chi connectivity index (χ4v) is 9.95. The number of nitrogens with zero attached hydrogens (tertiary/aromatic N) is 3. The second-order valence-corrected chi connectivity index (χ2v) is 15.9. The van der Waals surface area contributed by atoms with Gasteiger partial charge in [0.2, 0.25) is 5.91 Å². The lowest BCUT2D eigenvalue weighted by Crippen LogP contribution is -2.47. The van der Waals surface area contributed by atoms with Crippen LogP contribution in [-0.2, 0) is 26.3 Å². The van der Waals surface area contributed by atoms with Crippen LogP contribution in [0.15, 0.2) is 152 Å². The van der Waals surface area contributed by atoms with Gasteiger partial charge in [0, 0.05) is 41.3 Å². The molecule has 2 fully saturated rings. The maximum atomic E-state index is 13.6. The molecule has 0 saturated carbocycles. The van der Waals surface area contributed by atoms with Crippen LogP contribution in [-0.4, -0.2) is 46.7 Å². The van der Waals surface area contributed by atoms with Crippen molar-refractivity contribution in [2.24, 2.45) is 5.41 Å². The summed E-state index contributed by atoms with van der Waals surface area (Å²) in [6.07, 6.45) is 6.48. The third-order valence-electron chi connectivity index (χ3n) is 11.5. The number of hydrogen-bond donors (Lipinski definition) is 1. The van der Waals surface area contributed by atoms with E-state index in [2.05, 4.69) is 132 Å². The van der Waals surface area contributed by atoms with Gasteiger partial charge in [-0.1, -0.05) is 146 Å². The molecule has 6 aromatic rings. The smallest absolute Gasteiger partial charge is 0.329 e. The van der Waals surface area contributed by atoms with Gasteiger partial charge in [0.25, 0.3) is 0 Å². The minimum Gasteiger partial charge on any atom is -0.459 e. The first-order valence-electron chi connectivity index (χ1n) is 18.8. The summed E-state index contributed by atoms with van der Waals surface area (Å²) in [7, 11) is 0. The summed E-state index contributed by atoms with van der Waals surface area (Å²) in [6.45, 7) is 1.28. The molecule has 5 aromatic carbocycles. The number of rotatable bonds is 9. The van der Waals surface area contributed by atoms with E-state index in [4.69, 9.17) is 9.84 Å². The van der Waals surface area contributed by atoms with Crippen molar-refractivity contribution >= 4 is 34.5 Å².